The molecule has 1 fully saturated rings. The molecule has 1 amide bonds. The number of aryl methyl sites for hydroxylation is 1. The van der Waals surface area contributed by atoms with Gasteiger partial charge in [0.25, 0.3) is 5.56 Å². The van der Waals surface area contributed by atoms with Crippen LogP contribution >= 0.6 is 15.9 Å². The van der Waals surface area contributed by atoms with Crippen LogP contribution in [0.5, 0.6) is 0 Å². The molecule has 1 aromatic rings. The first-order valence-electron chi connectivity index (χ1n) is 4.89. The number of rotatable bonds is 2. The Labute approximate surface area is 101 Å². The highest BCUT2D eigenvalue weighted by Gasteiger charge is 2.45. The van der Waals surface area contributed by atoms with Gasteiger partial charge in [0, 0.05) is 13.2 Å². The van der Waals surface area contributed by atoms with Gasteiger partial charge in [0.1, 0.15) is 0 Å². The van der Waals surface area contributed by atoms with Gasteiger partial charge in [-0.2, -0.15) is 0 Å². The van der Waals surface area contributed by atoms with Gasteiger partial charge in [-0.05, 0) is 34.8 Å². The Hall–Kier alpha value is -1.14. The maximum atomic E-state index is 11.7. The lowest BCUT2D eigenvalue weighted by atomic mass is 10.2. The van der Waals surface area contributed by atoms with E-state index in [2.05, 4.69) is 21.2 Å². The number of carbonyl (C=O) groups is 1. The van der Waals surface area contributed by atoms with Gasteiger partial charge in [0.05, 0.1) is 15.7 Å². The van der Waals surface area contributed by atoms with Crippen molar-refractivity contribution in [2.24, 2.45) is 12.8 Å². The Kier molecular flexibility index (Phi) is 2.63. The molecule has 0 unspecified atom stereocenters. The summed E-state index contributed by atoms with van der Waals surface area (Å²) >= 11 is 3.14. The highest BCUT2D eigenvalue weighted by Crippen LogP contribution is 2.33. The maximum Gasteiger partial charge on any atom is 0.264 e. The largest absolute Gasteiger partial charge is 0.323 e. The molecular weight excluding hydrogens is 274 g/mol. The summed E-state index contributed by atoms with van der Waals surface area (Å²) in [6.45, 7) is 0. The van der Waals surface area contributed by atoms with Crippen LogP contribution in [0.4, 0.5) is 5.69 Å². The van der Waals surface area contributed by atoms with E-state index in [1.165, 1.54) is 4.57 Å². The fourth-order valence-electron chi connectivity index (χ4n) is 1.36. The van der Waals surface area contributed by atoms with Crippen molar-refractivity contribution >= 4 is 27.5 Å². The van der Waals surface area contributed by atoms with Crippen molar-refractivity contribution in [1.82, 2.24) is 4.57 Å². The van der Waals surface area contributed by atoms with Gasteiger partial charge < -0.3 is 15.6 Å². The van der Waals surface area contributed by atoms with E-state index in [1.54, 1.807) is 19.3 Å². The molecule has 0 spiro atoms. The highest BCUT2D eigenvalue weighted by molar-refractivity contribution is 9.10. The van der Waals surface area contributed by atoms with Crippen LogP contribution in [-0.2, 0) is 11.8 Å². The van der Waals surface area contributed by atoms with Crippen molar-refractivity contribution in [3.63, 3.8) is 0 Å². The van der Waals surface area contributed by atoms with Crippen LogP contribution in [-0.4, -0.2) is 16.0 Å². The third-order valence-electron chi connectivity index (χ3n) is 2.64. The first-order valence-corrected chi connectivity index (χ1v) is 5.68. The quantitative estimate of drug-likeness (QED) is 0.834. The molecule has 0 atom stereocenters. The van der Waals surface area contributed by atoms with Crippen molar-refractivity contribution in [1.29, 1.82) is 0 Å². The summed E-state index contributed by atoms with van der Waals surface area (Å²) in [7, 11) is 1.62. The van der Waals surface area contributed by atoms with Crippen molar-refractivity contribution in [2.75, 3.05) is 5.32 Å². The number of carbonyl (C=O) groups excluding carboxylic acids is 1. The average Bonchev–Trinajstić information content (AvgIpc) is 2.94. The van der Waals surface area contributed by atoms with E-state index in [0.29, 0.717) is 23.0 Å². The fourth-order valence-corrected chi connectivity index (χ4v) is 1.88. The topological polar surface area (TPSA) is 77.1 Å². The van der Waals surface area contributed by atoms with Crippen LogP contribution in [0, 0.1) is 0 Å². The Morgan fingerprint density at radius 1 is 1.62 bits per heavy atom. The van der Waals surface area contributed by atoms with E-state index in [1.807, 2.05) is 0 Å². The zero-order valence-corrected chi connectivity index (χ0v) is 10.4. The second kappa shape index (κ2) is 3.71. The van der Waals surface area contributed by atoms with Gasteiger partial charge in [0.2, 0.25) is 5.91 Å². The summed E-state index contributed by atoms with van der Waals surface area (Å²) in [6.07, 6.45) is 2.99. The fraction of sp³-hybridized carbons (Fsp3) is 0.400. The number of nitrogens with one attached hydrogen (secondary N) is 1. The minimum Gasteiger partial charge on any atom is -0.323 e. The molecule has 0 aromatic carbocycles. The first-order chi connectivity index (χ1) is 7.42. The summed E-state index contributed by atoms with van der Waals surface area (Å²) in [5.74, 6) is -0.196. The number of anilines is 1. The molecule has 1 heterocycles. The second-order valence-corrected chi connectivity index (χ2v) is 4.96. The van der Waals surface area contributed by atoms with Crippen molar-refractivity contribution < 1.29 is 4.79 Å². The molecule has 1 aromatic heterocycles. The number of amides is 1. The lowest BCUT2D eigenvalue weighted by Gasteiger charge is -2.11. The SMILES string of the molecule is Cn1cc(NC(=O)C2(N)CC2)cc(Br)c1=O. The molecule has 16 heavy (non-hydrogen) atoms. The summed E-state index contributed by atoms with van der Waals surface area (Å²) in [6, 6.07) is 1.58. The molecule has 1 aliphatic carbocycles. The third-order valence-corrected chi connectivity index (χ3v) is 3.21. The Bertz CT molecular complexity index is 479. The van der Waals surface area contributed by atoms with Gasteiger partial charge in [-0.1, -0.05) is 0 Å². The molecular formula is C10H12BrN3O2. The Balaban J connectivity index is 2.22. The molecule has 0 aliphatic heterocycles. The lowest BCUT2D eigenvalue weighted by Crippen LogP contribution is -2.38. The van der Waals surface area contributed by atoms with Crippen LogP contribution in [0.3, 0.4) is 0 Å². The first kappa shape index (κ1) is 11.3. The van der Waals surface area contributed by atoms with Crippen molar-refractivity contribution in [3.05, 3.63) is 27.1 Å². The van der Waals surface area contributed by atoms with Crippen molar-refractivity contribution in [2.45, 2.75) is 18.4 Å². The van der Waals surface area contributed by atoms with Gasteiger partial charge >= 0.3 is 0 Å². The number of aromatic nitrogens is 1. The molecule has 5 nitrogen and oxygen atoms in total. The summed E-state index contributed by atoms with van der Waals surface area (Å²) in [4.78, 5) is 23.1. The molecule has 86 valence electrons. The van der Waals surface area contributed by atoms with Crippen LogP contribution in [0.15, 0.2) is 21.5 Å². The van der Waals surface area contributed by atoms with Crippen LogP contribution in [0.2, 0.25) is 0 Å². The van der Waals surface area contributed by atoms with Gasteiger partial charge in [-0.3, -0.25) is 9.59 Å². The molecule has 3 N–H and O–H groups in total. The van der Waals surface area contributed by atoms with Gasteiger partial charge in [-0.25, -0.2) is 0 Å². The predicted molar refractivity (Wildman–Crippen MR) is 64.2 cm³/mol. The van der Waals surface area contributed by atoms with E-state index < -0.39 is 5.54 Å². The van der Waals surface area contributed by atoms with Crippen LogP contribution in [0.25, 0.3) is 0 Å². The van der Waals surface area contributed by atoms with Gasteiger partial charge in [-0.15, -0.1) is 0 Å². The summed E-state index contributed by atoms with van der Waals surface area (Å²) in [5.41, 5.74) is 5.46. The Morgan fingerprint density at radius 3 is 2.75 bits per heavy atom. The van der Waals surface area contributed by atoms with E-state index in [4.69, 9.17) is 5.73 Å². The normalized spacial score (nSPS) is 16.9. The monoisotopic (exact) mass is 285 g/mol. The predicted octanol–water partition coefficient (Wildman–Crippen LogP) is 0.578. The molecule has 1 aliphatic rings. The van der Waals surface area contributed by atoms with E-state index in [0.717, 1.165) is 0 Å². The minimum atomic E-state index is -0.707. The number of nitrogens with two attached hydrogens (primary N) is 1. The number of hydrogen-bond acceptors (Lipinski definition) is 3. The zero-order chi connectivity index (χ0) is 11.9. The number of hydrogen-bond donors (Lipinski definition) is 2. The number of nitrogens with zero attached hydrogens (tertiary/aromatic N) is 1. The average molecular weight is 286 g/mol. The van der Waals surface area contributed by atoms with Crippen LogP contribution in [0.1, 0.15) is 12.8 Å². The molecule has 0 saturated heterocycles. The molecule has 1 saturated carbocycles. The summed E-state index contributed by atoms with van der Waals surface area (Å²) in [5, 5.41) is 2.70. The standard InChI is InChI=1S/C10H12BrN3O2/c1-14-5-6(4-7(11)8(14)15)13-9(16)10(12)2-3-10/h4-5H,2-3,12H2,1H3,(H,13,16). The zero-order valence-electron chi connectivity index (χ0n) is 8.79. The van der Waals surface area contributed by atoms with Crippen LogP contribution < -0.4 is 16.6 Å². The number of pyridine rings is 1. The van der Waals surface area contributed by atoms with E-state index in [-0.39, 0.29) is 11.5 Å². The Morgan fingerprint density at radius 2 is 2.25 bits per heavy atom. The van der Waals surface area contributed by atoms with Gasteiger partial charge in [0.15, 0.2) is 0 Å². The molecule has 0 bridgehead atoms. The van der Waals surface area contributed by atoms with E-state index in [9.17, 15) is 9.59 Å². The number of halogens is 1. The lowest BCUT2D eigenvalue weighted by molar-refractivity contribution is -0.118. The highest BCUT2D eigenvalue weighted by atomic mass is 79.9. The molecule has 0 radical (unpaired) electrons. The third kappa shape index (κ3) is 2.03. The second-order valence-electron chi connectivity index (χ2n) is 4.10. The maximum absolute atomic E-state index is 11.7. The van der Waals surface area contributed by atoms with E-state index >= 15 is 0 Å². The van der Waals surface area contributed by atoms with Crippen molar-refractivity contribution in [3.8, 4) is 0 Å². The smallest absolute Gasteiger partial charge is 0.264 e. The minimum absolute atomic E-state index is 0.146. The molecule has 6 heteroatoms. The summed E-state index contributed by atoms with van der Waals surface area (Å²) < 4.78 is 1.81. The molecule has 2 rings (SSSR count).